The fourth-order valence-corrected chi connectivity index (χ4v) is 2.48. The zero-order chi connectivity index (χ0) is 14.5. The topological polar surface area (TPSA) is 58.7 Å². The van der Waals surface area contributed by atoms with Crippen molar-refractivity contribution in [3.05, 3.63) is 35.6 Å². The average molecular weight is 282 g/mol. The molecule has 4 nitrogen and oxygen atoms in total. The molecule has 1 aliphatic rings. The van der Waals surface area contributed by atoms with Gasteiger partial charge in [-0.1, -0.05) is 12.1 Å². The Morgan fingerprint density at radius 3 is 2.80 bits per heavy atom. The molecule has 3 unspecified atom stereocenters. The van der Waals surface area contributed by atoms with Gasteiger partial charge in [0.25, 0.3) is 0 Å². The molecular formula is C15H23FN2O2. The number of ether oxygens (including phenoxy) is 1. The summed E-state index contributed by atoms with van der Waals surface area (Å²) in [5.41, 5.74) is 7.10. The van der Waals surface area contributed by atoms with Gasteiger partial charge in [0.1, 0.15) is 5.82 Å². The van der Waals surface area contributed by atoms with Crippen molar-refractivity contribution in [1.82, 2.24) is 4.90 Å². The number of hydrogen-bond donors (Lipinski definition) is 2. The van der Waals surface area contributed by atoms with Crippen LogP contribution in [0.15, 0.2) is 24.3 Å². The first kappa shape index (κ1) is 15.4. The Morgan fingerprint density at radius 1 is 1.45 bits per heavy atom. The summed E-state index contributed by atoms with van der Waals surface area (Å²) in [6.45, 7) is 4.37. The van der Waals surface area contributed by atoms with Crippen molar-refractivity contribution in [2.24, 2.45) is 5.73 Å². The first-order valence-electron chi connectivity index (χ1n) is 7.07. The van der Waals surface area contributed by atoms with Crippen molar-refractivity contribution in [3.8, 4) is 0 Å². The Kier molecular flexibility index (Phi) is 5.48. The van der Waals surface area contributed by atoms with Gasteiger partial charge in [0, 0.05) is 25.2 Å². The number of nitrogens with two attached hydrogens (primary N) is 1. The van der Waals surface area contributed by atoms with Crippen molar-refractivity contribution >= 4 is 0 Å². The Balaban J connectivity index is 1.85. The third-order valence-electron chi connectivity index (χ3n) is 3.86. The van der Waals surface area contributed by atoms with Gasteiger partial charge in [-0.3, -0.25) is 4.90 Å². The van der Waals surface area contributed by atoms with Crippen LogP contribution in [0.1, 0.15) is 24.9 Å². The van der Waals surface area contributed by atoms with Crippen LogP contribution in [0.3, 0.4) is 0 Å². The minimum absolute atomic E-state index is 0.0488. The number of aliphatic hydroxyl groups excluding tert-OH is 1. The Labute approximate surface area is 119 Å². The second kappa shape index (κ2) is 7.13. The highest BCUT2D eigenvalue weighted by atomic mass is 19.1. The molecule has 3 atom stereocenters. The van der Waals surface area contributed by atoms with Crippen LogP contribution in [-0.4, -0.2) is 48.5 Å². The number of rotatable bonds is 5. The predicted octanol–water partition coefficient (Wildman–Crippen LogP) is 1.30. The van der Waals surface area contributed by atoms with Crippen molar-refractivity contribution < 1.29 is 14.2 Å². The lowest BCUT2D eigenvalue weighted by Gasteiger charge is -2.37. The molecule has 20 heavy (non-hydrogen) atoms. The van der Waals surface area contributed by atoms with Crippen LogP contribution in [0.4, 0.5) is 4.39 Å². The fraction of sp³-hybridized carbons (Fsp3) is 0.600. The molecule has 1 aliphatic heterocycles. The summed E-state index contributed by atoms with van der Waals surface area (Å²) in [4.78, 5) is 2.29. The van der Waals surface area contributed by atoms with Gasteiger partial charge in [0.05, 0.1) is 19.3 Å². The number of aliphatic hydroxyl groups is 1. The van der Waals surface area contributed by atoms with Crippen molar-refractivity contribution in [2.75, 3.05) is 26.3 Å². The van der Waals surface area contributed by atoms with Crippen LogP contribution in [-0.2, 0) is 4.74 Å². The maximum atomic E-state index is 12.9. The van der Waals surface area contributed by atoms with E-state index in [9.17, 15) is 4.39 Å². The normalized spacial score (nSPS) is 25.6. The molecule has 1 saturated heterocycles. The summed E-state index contributed by atoms with van der Waals surface area (Å²) in [6, 6.07) is 6.58. The maximum Gasteiger partial charge on any atom is 0.123 e. The molecule has 0 bridgehead atoms. The van der Waals surface area contributed by atoms with E-state index in [1.54, 1.807) is 12.1 Å². The second-order valence-corrected chi connectivity index (χ2v) is 5.43. The lowest BCUT2D eigenvalue weighted by atomic mass is 10.0. The third kappa shape index (κ3) is 3.99. The van der Waals surface area contributed by atoms with Gasteiger partial charge < -0.3 is 15.6 Å². The zero-order valence-corrected chi connectivity index (χ0v) is 11.8. The van der Waals surface area contributed by atoms with E-state index in [2.05, 4.69) is 11.8 Å². The quantitative estimate of drug-likeness (QED) is 0.854. The molecule has 112 valence electrons. The van der Waals surface area contributed by atoms with Crippen LogP contribution in [0.25, 0.3) is 0 Å². The van der Waals surface area contributed by atoms with Gasteiger partial charge in [0.2, 0.25) is 0 Å². The van der Waals surface area contributed by atoms with Gasteiger partial charge in [-0.05, 0) is 31.0 Å². The maximum absolute atomic E-state index is 12.9. The molecule has 3 N–H and O–H groups in total. The fourth-order valence-electron chi connectivity index (χ4n) is 2.48. The number of benzene rings is 1. The molecule has 0 radical (unpaired) electrons. The van der Waals surface area contributed by atoms with Crippen LogP contribution in [0.5, 0.6) is 0 Å². The highest BCUT2D eigenvalue weighted by molar-refractivity contribution is 5.19. The lowest BCUT2D eigenvalue weighted by molar-refractivity contribution is -0.0782. The Hall–Kier alpha value is -1.01. The van der Waals surface area contributed by atoms with Gasteiger partial charge in [-0.15, -0.1) is 0 Å². The van der Waals surface area contributed by atoms with Crippen LogP contribution < -0.4 is 5.73 Å². The van der Waals surface area contributed by atoms with Crippen LogP contribution >= 0.6 is 0 Å². The summed E-state index contributed by atoms with van der Waals surface area (Å²) < 4.78 is 18.4. The van der Waals surface area contributed by atoms with E-state index in [1.807, 2.05) is 0 Å². The highest BCUT2D eigenvalue weighted by Gasteiger charge is 2.25. The number of hydrogen-bond acceptors (Lipinski definition) is 4. The van der Waals surface area contributed by atoms with Crippen LogP contribution in [0, 0.1) is 5.82 Å². The van der Waals surface area contributed by atoms with E-state index in [4.69, 9.17) is 15.6 Å². The molecule has 1 aromatic rings. The van der Waals surface area contributed by atoms with Crippen LogP contribution in [0.2, 0.25) is 0 Å². The zero-order valence-electron chi connectivity index (χ0n) is 11.8. The first-order valence-corrected chi connectivity index (χ1v) is 7.07. The summed E-state index contributed by atoms with van der Waals surface area (Å²) in [5, 5.41) is 9.16. The summed E-state index contributed by atoms with van der Waals surface area (Å²) in [6.07, 6.45) is 0.696. The molecule has 2 rings (SSSR count). The standard InChI is InChI=1S/C15H23FN2O2/c1-11-10-20-14(9-19)8-18(11)7-6-15(17)12-2-4-13(16)5-3-12/h2-5,11,14-15,19H,6-10,17H2,1H3. The van der Waals surface area contributed by atoms with E-state index >= 15 is 0 Å². The largest absolute Gasteiger partial charge is 0.394 e. The second-order valence-electron chi connectivity index (χ2n) is 5.43. The van der Waals surface area contributed by atoms with E-state index in [1.165, 1.54) is 12.1 Å². The van der Waals surface area contributed by atoms with Crippen molar-refractivity contribution in [3.63, 3.8) is 0 Å². The Bertz CT molecular complexity index is 413. The SMILES string of the molecule is CC1COC(CO)CN1CCC(N)c1ccc(F)cc1. The summed E-state index contributed by atoms with van der Waals surface area (Å²) >= 11 is 0. The molecule has 0 saturated carbocycles. The minimum Gasteiger partial charge on any atom is -0.394 e. The monoisotopic (exact) mass is 282 g/mol. The molecule has 0 aromatic heterocycles. The highest BCUT2D eigenvalue weighted by Crippen LogP contribution is 2.18. The average Bonchev–Trinajstić information content (AvgIpc) is 2.47. The van der Waals surface area contributed by atoms with Gasteiger partial charge >= 0.3 is 0 Å². The number of nitrogens with zero attached hydrogens (tertiary/aromatic N) is 1. The molecule has 1 heterocycles. The van der Waals surface area contributed by atoms with Crippen molar-refractivity contribution in [1.29, 1.82) is 0 Å². The van der Waals surface area contributed by atoms with Gasteiger partial charge in [0.15, 0.2) is 0 Å². The molecule has 0 aliphatic carbocycles. The van der Waals surface area contributed by atoms with Gasteiger partial charge in [-0.25, -0.2) is 4.39 Å². The van der Waals surface area contributed by atoms with E-state index in [-0.39, 0.29) is 24.6 Å². The number of morpholine rings is 1. The smallest absolute Gasteiger partial charge is 0.123 e. The summed E-state index contributed by atoms with van der Waals surface area (Å²) in [5.74, 6) is -0.242. The van der Waals surface area contributed by atoms with Crippen molar-refractivity contribution in [2.45, 2.75) is 31.5 Å². The molecular weight excluding hydrogens is 259 g/mol. The predicted molar refractivity (Wildman–Crippen MR) is 75.8 cm³/mol. The Morgan fingerprint density at radius 2 is 2.15 bits per heavy atom. The third-order valence-corrected chi connectivity index (χ3v) is 3.86. The van der Waals surface area contributed by atoms with Gasteiger partial charge in [-0.2, -0.15) is 0 Å². The lowest BCUT2D eigenvalue weighted by Crippen LogP contribution is -2.50. The molecule has 5 heteroatoms. The molecule has 1 fully saturated rings. The van der Waals surface area contributed by atoms with E-state index < -0.39 is 0 Å². The summed E-state index contributed by atoms with van der Waals surface area (Å²) in [7, 11) is 0. The molecule has 1 aromatic carbocycles. The molecule has 0 spiro atoms. The van der Waals surface area contributed by atoms with E-state index in [0.29, 0.717) is 12.6 Å². The number of halogens is 1. The van der Waals surface area contributed by atoms with E-state index in [0.717, 1.165) is 25.1 Å². The molecule has 0 amide bonds. The first-order chi connectivity index (χ1) is 9.60. The minimum atomic E-state index is -0.242.